The van der Waals surface area contributed by atoms with E-state index >= 15 is 0 Å². The van der Waals surface area contributed by atoms with E-state index in [1.807, 2.05) is 13.0 Å². The standard InChI is InChI=1S/C10H10BrIO2/c1-3-14-10-4-7(6(2)13)9(12)5-8(10)11/h4-5H,3H2,1-2H3. The van der Waals surface area contributed by atoms with E-state index < -0.39 is 0 Å². The van der Waals surface area contributed by atoms with Crippen LogP contribution >= 0.6 is 38.5 Å². The number of hydrogen-bond acceptors (Lipinski definition) is 2. The van der Waals surface area contributed by atoms with Gasteiger partial charge < -0.3 is 4.74 Å². The predicted molar refractivity (Wildman–Crippen MR) is 68.0 cm³/mol. The average Bonchev–Trinajstić information content (AvgIpc) is 2.09. The lowest BCUT2D eigenvalue weighted by Crippen LogP contribution is -1.99. The third-order valence-electron chi connectivity index (χ3n) is 1.70. The molecule has 0 aliphatic rings. The van der Waals surface area contributed by atoms with E-state index in [1.165, 1.54) is 0 Å². The van der Waals surface area contributed by atoms with Crippen LogP contribution in [0.25, 0.3) is 0 Å². The summed E-state index contributed by atoms with van der Waals surface area (Å²) < 4.78 is 7.20. The maximum atomic E-state index is 11.3. The van der Waals surface area contributed by atoms with Crippen molar-refractivity contribution in [3.63, 3.8) is 0 Å². The van der Waals surface area contributed by atoms with Gasteiger partial charge in [-0.25, -0.2) is 0 Å². The number of carbonyl (C=O) groups is 1. The van der Waals surface area contributed by atoms with Gasteiger partial charge in [0, 0.05) is 9.13 Å². The molecule has 76 valence electrons. The molecule has 0 atom stereocenters. The van der Waals surface area contributed by atoms with Gasteiger partial charge in [0.25, 0.3) is 0 Å². The highest BCUT2D eigenvalue weighted by atomic mass is 127. The summed E-state index contributed by atoms with van der Waals surface area (Å²) in [5, 5.41) is 0. The van der Waals surface area contributed by atoms with Crippen LogP contribution in [-0.4, -0.2) is 12.4 Å². The average molecular weight is 369 g/mol. The van der Waals surface area contributed by atoms with Gasteiger partial charge in [-0.1, -0.05) is 0 Å². The van der Waals surface area contributed by atoms with Crippen LogP contribution in [0, 0.1) is 3.57 Å². The summed E-state index contributed by atoms with van der Waals surface area (Å²) in [5.41, 5.74) is 0.706. The number of rotatable bonds is 3. The minimum atomic E-state index is 0.0582. The van der Waals surface area contributed by atoms with Crippen LogP contribution in [0.4, 0.5) is 0 Å². The molecule has 0 N–H and O–H groups in total. The first kappa shape index (κ1) is 12.0. The van der Waals surface area contributed by atoms with Crippen molar-refractivity contribution in [2.75, 3.05) is 6.61 Å². The maximum absolute atomic E-state index is 11.3. The molecule has 0 unspecified atom stereocenters. The van der Waals surface area contributed by atoms with E-state index in [-0.39, 0.29) is 5.78 Å². The van der Waals surface area contributed by atoms with Crippen LogP contribution < -0.4 is 4.74 Å². The molecule has 0 saturated carbocycles. The van der Waals surface area contributed by atoms with E-state index in [4.69, 9.17) is 4.74 Å². The maximum Gasteiger partial charge on any atom is 0.161 e. The molecule has 0 amide bonds. The van der Waals surface area contributed by atoms with Crippen molar-refractivity contribution in [1.29, 1.82) is 0 Å². The van der Waals surface area contributed by atoms with Crippen molar-refractivity contribution in [2.45, 2.75) is 13.8 Å². The topological polar surface area (TPSA) is 26.3 Å². The summed E-state index contributed by atoms with van der Waals surface area (Å²) in [6, 6.07) is 3.67. The molecule has 0 aliphatic heterocycles. The molecule has 14 heavy (non-hydrogen) atoms. The zero-order valence-corrected chi connectivity index (χ0v) is 11.7. The van der Waals surface area contributed by atoms with Crippen LogP contribution in [0.2, 0.25) is 0 Å². The van der Waals surface area contributed by atoms with Crippen molar-refractivity contribution >= 4 is 44.3 Å². The Hall–Kier alpha value is -0.100. The highest BCUT2D eigenvalue weighted by molar-refractivity contribution is 14.1. The quantitative estimate of drug-likeness (QED) is 0.601. The molecule has 1 aromatic carbocycles. The van der Waals surface area contributed by atoms with Crippen molar-refractivity contribution < 1.29 is 9.53 Å². The molecule has 0 aliphatic carbocycles. The van der Waals surface area contributed by atoms with Crippen LogP contribution in [0.15, 0.2) is 16.6 Å². The Morgan fingerprint density at radius 2 is 2.21 bits per heavy atom. The van der Waals surface area contributed by atoms with Gasteiger partial charge in [0.2, 0.25) is 0 Å². The fraction of sp³-hybridized carbons (Fsp3) is 0.300. The molecule has 1 rings (SSSR count). The molecule has 0 fully saturated rings. The third-order valence-corrected chi connectivity index (χ3v) is 3.21. The van der Waals surface area contributed by atoms with E-state index in [0.29, 0.717) is 12.2 Å². The number of hydrogen-bond donors (Lipinski definition) is 0. The molecule has 0 bridgehead atoms. The van der Waals surface area contributed by atoms with Crippen molar-refractivity contribution in [2.24, 2.45) is 0 Å². The SMILES string of the molecule is CCOc1cc(C(C)=O)c(I)cc1Br. The summed E-state index contributed by atoms with van der Waals surface area (Å²) in [4.78, 5) is 11.3. The summed E-state index contributed by atoms with van der Waals surface area (Å²) in [6.45, 7) is 4.06. The Morgan fingerprint density at radius 1 is 1.57 bits per heavy atom. The molecule has 4 heteroatoms. The monoisotopic (exact) mass is 368 g/mol. The van der Waals surface area contributed by atoms with Gasteiger partial charge >= 0.3 is 0 Å². The van der Waals surface area contributed by atoms with Crippen LogP contribution in [-0.2, 0) is 0 Å². The first-order valence-corrected chi connectivity index (χ1v) is 6.06. The molecule has 0 aromatic heterocycles. The fourth-order valence-corrected chi connectivity index (χ4v) is 2.80. The Kier molecular flexibility index (Phi) is 4.37. The minimum absolute atomic E-state index is 0.0582. The summed E-state index contributed by atoms with van der Waals surface area (Å²) >= 11 is 5.53. The number of ether oxygens (including phenoxy) is 1. The fourth-order valence-electron chi connectivity index (χ4n) is 1.07. The van der Waals surface area contributed by atoms with Crippen LogP contribution in [0.3, 0.4) is 0 Å². The highest BCUT2D eigenvalue weighted by Gasteiger charge is 2.10. The zero-order valence-electron chi connectivity index (χ0n) is 7.93. The van der Waals surface area contributed by atoms with Gasteiger partial charge in [-0.05, 0) is 64.5 Å². The van der Waals surface area contributed by atoms with Gasteiger partial charge in [0.15, 0.2) is 5.78 Å². The second kappa shape index (κ2) is 5.11. The van der Waals surface area contributed by atoms with Crippen molar-refractivity contribution in [1.82, 2.24) is 0 Å². The molecule has 0 heterocycles. The molecule has 1 aromatic rings. The molecule has 2 nitrogen and oxygen atoms in total. The van der Waals surface area contributed by atoms with Gasteiger partial charge in [-0.15, -0.1) is 0 Å². The highest BCUT2D eigenvalue weighted by Crippen LogP contribution is 2.29. The predicted octanol–water partition coefficient (Wildman–Crippen LogP) is 3.66. The van der Waals surface area contributed by atoms with Gasteiger partial charge in [0.1, 0.15) is 5.75 Å². The van der Waals surface area contributed by atoms with E-state index in [0.717, 1.165) is 13.8 Å². The Balaban J connectivity index is 3.20. The third kappa shape index (κ3) is 2.70. The van der Waals surface area contributed by atoms with Gasteiger partial charge in [-0.2, -0.15) is 0 Å². The molecular formula is C10H10BrIO2. The molecule has 0 spiro atoms. The van der Waals surface area contributed by atoms with E-state index in [9.17, 15) is 4.79 Å². The number of benzene rings is 1. The van der Waals surface area contributed by atoms with E-state index in [2.05, 4.69) is 38.5 Å². The lowest BCUT2D eigenvalue weighted by atomic mass is 10.1. The van der Waals surface area contributed by atoms with Gasteiger partial charge in [-0.3, -0.25) is 4.79 Å². The smallest absolute Gasteiger partial charge is 0.161 e. The number of Topliss-reactive ketones (excluding diaryl/α,β-unsaturated/α-hetero) is 1. The largest absolute Gasteiger partial charge is 0.493 e. The normalized spacial score (nSPS) is 10.0. The molecule has 0 saturated heterocycles. The van der Waals surface area contributed by atoms with Crippen molar-refractivity contribution in [3.05, 3.63) is 25.7 Å². The van der Waals surface area contributed by atoms with Crippen molar-refractivity contribution in [3.8, 4) is 5.75 Å². The number of halogens is 2. The minimum Gasteiger partial charge on any atom is -0.493 e. The molecule has 0 radical (unpaired) electrons. The van der Waals surface area contributed by atoms with E-state index in [1.54, 1.807) is 13.0 Å². The Labute approximate surface area is 105 Å². The second-order valence-corrected chi connectivity index (χ2v) is 4.77. The summed E-state index contributed by atoms with van der Waals surface area (Å²) in [5.74, 6) is 0.779. The summed E-state index contributed by atoms with van der Waals surface area (Å²) in [6.07, 6.45) is 0. The van der Waals surface area contributed by atoms with Gasteiger partial charge in [0.05, 0.1) is 11.1 Å². The molecular weight excluding hydrogens is 359 g/mol. The Morgan fingerprint density at radius 3 is 2.71 bits per heavy atom. The summed E-state index contributed by atoms with van der Waals surface area (Å²) in [7, 11) is 0. The lowest BCUT2D eigenvalue weighted by molar-refractivity contribution is 0.101. The Bertz CT molecular complexity index is 363. The number of ketones is 1. The first-order chi connectivity index (χ1) is 6.56. The lowest BCUT2D eigenvalue weighted by Gasteiger charge is -2.08. The first-order valence-electron chi connectivity index (χ1n) is 4.19. The number of carbonyl (C=O) groups excluding carboxylic acids is 1. The van der Waals surface area contributed by atoms with Crippen LogP contribution in [0.5, 0.6) is 5.75 Å². The zero-order chi connectivity index (χ0) is 10.7. The van der Waals surface area contributed by atoms with Crippen LogP contribution in [0.1, 0.15) is 24.2 Å². The second-order valence-electron chi connectivity index (χ2n) is 2.75.